The van der Waals surface area contributed by atoms with Crippen molar-refractivity contribution in [3.63, 3.8) is 0 Å². The van der Waals surface area contributed by atoms with E-state index in [-0.39, 0.29) is 18.1 Å². The Bertz CT molecular complexity index is 1490. The van der Waals surface area contributed by atoms with Crippen LogP contribution in [0.5, 0.6) is 0 Å². The van der Waals surface area contributed by atoms with Crippen LogP contribution < -0.4 is 5.32 Å². The molecule has 0 atom stereocenters. The predicted molar refractivity (Wildman–Crippen MR) is 140 cm³/mol. The molecule has 8 nitrogen and oxygen atoms in total. The molecule has 0 aliphatic carbocycles. The zero-order valence-corrected chi connectivity index (χ0v) is 20.2. The summed E-state index contributed by atoms with van der Waals surface area (Å²) in [7, 11) is 1.70. The number of carbonyl (C=O) groups excluding carboxylic acids is 2. The molecule has 2 amide bonds. The summed E-state index contributed by atoms with van der Waals surface area (Å²) < 4.78 is 7.10. The molecule has 0 saturated heterocycles. The van der Waals surface area contributed by atoms with Gasteiger partial charge in [0, 0.05) is 42.5 Å². The highest BCUT2D eigenvalue weighted by Gasteiger charge is 2.19. The summed E-state index contributed by atoms with van der Waals surface area (Å²) in [5.74, 6) is -0.237. The Labute approximate surface area is 214 Å². The van der Waals surface area contributed by atoms with Crippen LogP contribution in [-0.4, -0.2) is 45.2 Å². The lowest BCUT2D eigenvalue weighted by Crippen LogP contribution is -2.37. The van der Waals surface area contributed by atoms with E-state index < -0.39 is 5.91 Å². The Morgan fingerprint density at radius 3 is 2.19 bits per heavy atom. The van der Waals surface area contributed by atoms with Gasteiger partial charge in [0.1, 0.15) is 0 Å². The van der Waals surface area contributed by atoms with Crippen LogP contribution in [0, 0.1) is 0 Å². The first-order valence-electron chi connectivity index (χ1n) is 11.8. The van der Waals surface area contributed by atoms with Crippen LogP contribution in [0.25, 0.3) is 28.3 Å². The van der Waals surface area contributed by atoms with Gasteiger partial charge in [-0.05, 0) is 12.1 Å². The molecular formula is C29H25N5O3. The smallest absolute Gasteiger partial charge is 0.273 e. The Hall–Kier alpha value is -4.98. The molecule has 0 saturated carbocycles. The maximum absolute atomic E-state index is 12.9. The Kier molecular flexibility index (Phi) is 6.89. The molecule has 5 aromatic rings. The normalized spacial score (nSPS) is 10.7. The van der Waals surface area contributed by atoms with Gasteiger partial charge in [-0.1, -0.05) is 84.0 Å². The van der Waals surface area contributed by atoms with Crippen molar-refractivity contribution in [1.82, 2.24) is 25.2 Å². The van der Waals surface area contributed by atoms with Crippen LogP contribution in [0.2, 0.25) is 0 Å². The fourth-order valence-corrected chi connectivity index (χ4v) is 3.92. The van der Waals surface area contributed by atoms with Crippen molar-refractivity contribution >= 4 is 11.8 Å². The number of carbonyl (C=O) groups is 2. The number of nitrogens with one attached hydrogen (secondary N) is 1. The van der Waals surface area contributed by atoms with E-state index in [0.29, 0.717) is 12.3 Å². The highest BCUT2D eigenvalue weighted by atomic mass is 16.5. The summed E-state index contributed by atoms with van der Waals surface area (Å²) in [5.41, 5.74) is 4.50. The third kappa shape index (κ3) is 5.48. The third-order valence-corrected chi connectivity index (χ3v) is 5.89. The van der Waals surface area contributed by atoms with Crippen molar-refractivity contribution in [2.24, 2.45) is 0 Å². The molecule has 0 aliphatic heterocycles. The maximum Gasteiger partial charge on any atom is 0.273 e. The molecule has 5 rings (SSSR count). The molecule has 0 unspecified atom stereocenters. The minimum Gasteiger partial charge on any atom is -0.355 e. The van der Waals surface area contributed by atoms with E-state index in [1.807, 2.05) is 102 Å². The first kappa shape index (κ1) is 23.7. The second-order valence-corrected chi connectivity index (χ2v) is 8.52. The molecule has 8 heteroatoms. The van der Waals surface area contributed by atoms with E-state index in [9.17, 15) is 9.59 Å². The van der Waals surface area contributed by atoms with Gasteiger partial charge >= 0.3 is 0 Å². The van der Waals surface area contributed by atoms with Crippen molar-refractivity contribution < 1.29 is 14.1 Å². The second kappa shape index (κ2) is 10.7. The molecule has 0 aliphatic rings. The zero-order valence-electron chi connectivity index (χ0n) is 20.2. The first-order valence-corrected chi connectivity index (χ1v) is 11.8. The summed E-state index contributed by atoms with van der Waals surface area (Å²) in [4.78, 5) is 27.0. The van der Waals surface area contributed by atoms with Crippen LogP contribution in [0.15, 0.2) is 108 Å². The van der Waals surface area contributed by atoms with Crippen molar-refractivity contribution in [2.75, 3.05) is 13.6 Å². The molecule has 2 heterocycles. The fraction of sp³-hybridized carbons (Fsp3) is 0.103. The molecule has 37 heavy (non-hydrogen) atoms. The molecular weight excluding hydrogens is 466 g/mol. The van der Waals surface area contributed by atoms with Crippen LogP contribution >= 0.6 is 0 Å². The topological polar surface area (TPSA) is 93.3 Å². The maximum atomic E-state index is 12.9. The van der Waals surface area contributed by atoms with Crippen molar-refractivity contribution in [1.29, 1.82) is 0 Å². The van der Waals surface area contributed by atoms with Gasteiger partial charge < -0.3 is 14.7 Å². The molecule has 0 bridgehead atoms. The van der Waals surface area contributed by atoms with E-state index in [1.165, 1.54) is 0 Å². The summed E-state index contributed by atoms with van der Waals surface area (Å²) in [6.45, 7) is 0.157. The van der Waals surface area contributed by atoms with E-state index >= 15 is 0 Å². The second-order valence-electron chi connectivity index (χ2n) is 8.52. The summed E-state index contributed by atoms with van der Waals surface area (Å²) in [6.07, 6.45) is 1.93. The lowest BCUT2D eigenvalue weighted by molar-refractivity contribution is -0.129. The lowest BCUT2D eigenvalue weighted by Gasteiger charge is -2.17. The van der Waals surface area contributed by atoms with E-state index in [2.05, 4.69) is 10.5 Å². The molecule has 0 fully saturated rings. The largest absolute Gasteiger partial charge is 0.355 e. The van der Waals surface area contributed by atoms with Gasteiger partial charge in [-0.2, -0.15) is 5.10 Å². The van der Waals surface area contributed by atoms with E-state index in [4.69, 9.17) is 9.62 Å². The van der Waals surface area contributed by atoms with Gasteiger partial charge in [0.15, 0.2) is 11.5 Å². The molecule has 0 radical (unpaired) electrons. The SMILES string of the molecule is CN(Cc1cn(-c2ccccc2)nc1-c1ccccc1)C(=O)CNC(=O)c1cc(-c2ccccc2)on1. The lowest BCUT2D eigenvalue weighted by atomic mass is 10.1. The molecule has 184 valence electrons. The number of para-hydroxylation sites is 1. The Morgan fingerprint density at radius 1 is 0.892 bits per heavy atom. The number of aromatic nitrogens is 3. The van der Waals surface area contributed by atoms with Crippen molar-refractivity contribution in [3.8, 4) is 28.3 Å². The van der Waals surface area contributed by atoms with Crippen LogP contribution in [-0.2, 0) is 11.3 Å². The number of amides is 2. The Morgan fingerprint density at radius 2 is 1.51 bits per heavy atom. The summed E-state index contributed by atoms with van der Waals surface area (Å²) in [5, 5.41) is 11.3. The Balaban J connectivity index is 1.26. The fourth-order valence-electron chi connectivity index (χ4n) is 3.92. The third-order valence-electron chi connectivity index (χ3n) is 5.89. The number of benzene rings is 3. The monoisotopic (exact) mass is 491 g/mol. The van der Waals surface area contributed by atoms with E-state index in [1.54, 1.807) is 18.0 Å². The van der Waals surface area contributed by atoms with Gasteiger partial charge in [0.25, 0.3) is 5.91 Å². The summed E-state index contributed by atoms with van der Waals surface area (Å²) in [6, 6.07) is 30.6. The number of nitrogens with zero attached hydrogens (tertiary/aromatic N) is 4. The van der Waals surface area contributed by atoms with Crippen LogP contribution in [0.4, 0.5) is 0 Å². The summed E-state index contributed by atoms with van der Waals surface area (Å²) >= 11 is 0. The van der Waals surface area contributed by atoms with Crippen LogP contribution in [0.1, 0.15) is 16.1 Å². The van der Waals surface area contributed by atoms with Crippen molar-refractivity contribution in [3.05, 3.63) is 115 Å². The first-order chi connectivity index (χ1) is 18.1. The number of hydrogen-bond acceptors (Lipinski definition) is 5. The van der Waals surface area contributed by atoms with Gasteiger partial charge in [-0.15, -0.1) is 0 Å². The van der Waals surface area contributed by atoms with Gasteiger partial charge in [-0.25, -0.2) is 4.68 Å². The standard InChI is InChI=1S/C29H25N5O3/c1-33(27(35)18-30-29(36)25-17-26(37-32-25)21-11-5-2-6-12-21)19-23-20-34(24-15-9-4-10-16-24)31-28(23)22-13-7-3-8-14-22/h2-17,20H,18-19H2,1H3,(H,30,36). The van der Waals surface area contributed by atoms with Gasteiger partial charge in [0.05, 0.1) is 17.9 Å². The molecule has 2 aromatic heterocycles. The quantitative estimate of drug-likeness (QED) is 0.343. The zero-order chi connectivity index (χ0) is 25.6. The van der Waals surface area contributed by atoms with Crippen molar-refractivity contribution in [2.45, 2.75) is 6.54 Å². The minimum atomic E-state index is -0.477. The number of hydrogen-bond donors (Lipinski definition) is 1. The number of rotatable bonds is 8. The molecule has 0 spiro atoms. The predicted octanol–water partition coefficient (Wildman–Crippen LogP) is 4.58. The van der Waals surface area contributed by atoms with Crippen LogP contribution in [0.3, 0.4) is 0 Å². The van der Waals surface area contributed by atoms with E-state index in [0.717, 1.165) is 28.1 Å². The highest BCUT2D eigenvalue weighted by Crippen LogP contribution is 2.25. The highest BCUT2D eigenvalue weighted by molar-refractivity contribution is 5.95. The molecule has 1 N–H and O–H groups in total. The van der Waals surface area contributed by atoms with Gasteiger partial charge in [0.2, 0.25) is 5.91 Å². The average Bonchev–Trinajstić information content (AvgIpc) is 3.61. The molecule has 3 aromatic carbocycles. The number of likely N-dealkylation sites (N-methyl/N-ethyl adjacent to an activating group) is 1. The minimum absolute atomic E-state index is 0.116. The average molecular weight is 492 g/mol. The van der Waals surface area contributed by atoms with Gasteiger partial charge in [-0.3, -0.25) is 9.59 Å².